The van der Waals surface area contributed by atoms with E-state index in [1.165, 1.54) is 12.1 Å². The Morgan fingerprint density at radius 2 is 2.04 bits per heavy atom. The molecule has 144 valence electrons. The first-order valence-electron chi connectivity index (χ1n) is 8.40. The minimum absolute atomic E-state index is 0.0976. The number of ketones is 1. The second kappa shape index (κ2) is 7.89. The Hall–Kier alpha value is -3.07. The minimum Gasteiger partial charge on any atom is -0.478 e. The number of halogens is 1. The Bertz CT molecular complexity index is 1010. The third kappa shape index (κ3) is 3.94. The molecule has 7 nitrogen and oxygen atoms in total. The summed E-state index contributed by atoms with van der Waals surface area (Å²) < 4.78 is 35.2. The van der Waals surface area contributed by atoms with Crippen molar-refractivity contribution in [2.45, 2.75) is 18.3 Å². The van der Waals surface area contributed by atoms with E-state index in [1.807, 2.05) is 0 Å². The van der Waals surface area contributed by atoms with E-state index in [4.69, 9.17) is 18.6 Å². The van der Waals surface area contributed by atoms with Crippen molar-refractivity contribution < 1.29 is 27.8 Å². The zero-order chi connectivity index (χ0) is 19.5. The van der Waals surface area contributed by atoms with Gasteiger partial charge in [0.15, 0.2) is 35.0 Å². The molecular weight excluding hydrogens is 387 g/mol. The fraction of sp³-hybridized carbons (Fsp3) is 0.211. The molecule has 0 saturated carbocycles. The van der Waals surface area contributed by atoms with E-state index in [0.29, 0.717) is 17.1 Å². The van der Waals surface area contributed by atoms with Gasteiger partial charge in [-0.25, -0.2) is 4.39 Å². The summed E-state index contributed by atoms with van der Waals surface area (Å²) in [4.78, 5) is 12.4. The van der Waals surface area contributed by atoms with Gasteiger partial charge in [-0.2, -0.15) is 0 Å². The highest BCUT2D eigenvalue weighted by molar-refractivity contribution is 7.99. The molecule has 1 aromatic heterocycles. The van der Waals surface area contributed by atoms with Crippen LogP contribution in [-0.4, -0.2) is 28.5 Å². The molecule has 2 heterocycles. The molecule has 0 fully saturated rings. The number of hydrogen-bond donors (Lipinski definition) is 0. The number of fused-ring (bicyclic) bond motifs is 1. The molecule has 28 heavy (non-hydrogen) atoms. The van der Waals surface area contributed by atoms with Crippen LogP contribution >= 0.6 is 11.8 Å². The van der Waals surface area contributed by atoms with Crippen molar-refractivity contribution in [3.8, 4) is 17.2 Å². The topological polar surface area (TPSA) is 83.7 Å². The van der Waals surface area contributed by atoms with Gasteiger partial charge in [0, 0.05) is 5.56 Å². The number of thioether (sulfide) groups is 1. The fourth-order valence-electron chi connectivity index (χ4n) is 2.50. The van der Waals surface area contributed by atoms with Gasteiger partial charge in [-0.3, -0.25) is 4.79 Å². The molecule has 0 bridgehead atoms. The number of nitrogens with zero attached hydrogens (tertiary/aromatic N) is 2. The third-order valence-electron chi connectivity index (χ3n) is 3.93. The lowest BCUT2D eigenvalue weighted by atomic mass is 10.1. The number of benzene rings is 2. The smallest absolute Gasteiger partial charge is 0.277 e. The molecule has 0 N–H and O–H groups in total. The summed E-state index contributed by atoms with van der Waals surface area (Å²) in [6, 6.07) is 11.1. The van der Waals surface area contributed by atoms with Crippen LogP contribution in [0.4, 0.5) is 4.39 Å². The average molecular weight is 402 g/mol. The molecule has 3 aromatic rings. The van der Waals surface area contributed by atoms with Crippen LogP contribution in [-0.2, 0) is 0 Å². The number of carbonyl (C=O) groups is 1. The molecular formula is C19H15FN2O5S. The predicted molar refractivity (Wildman–Crippen MR) is 97.4 cm³/mol. The van der Waals surface area contributed by atoms with Crippen LogP contribution in [0, 0.1) is 5.82 Å². The number of ether oxygens (including phenoxy) is 3. The van der Waals surface area contributed by atoms with Crippen LogP contribution in [0.5, 0.6) is 17.2 Å². The van der Waals surface area contributed by atoms with Crippen LogP contribution in [0.3, 0.4) is 0 Å². The van der Waals surface area contributed by atoms with Gasteiger partial charge in [0.05, 0.1) is 5.75 Å². The van der Waals surface area contributed by atoms with Crippen LogP contribution < -0.4 is 14.2 Å². The summed E-state index contributed by atoms with van der Waals surface area (Å²) in [7, 11) is 0. The molecule has 0 saturated heterocycles. The van der Waals surface area contributed by atoms with E-state index in [2.05, 4.69) is 10.2 Å². The second-order valence-electron chi connectivity index (χ2n) is 5.88. The molecule has 0 unspecified atom stereocenters. The highest BCUT2D eigenvalue weighted by Gasteiger charge is 2.20. The van der Waals surface area contributed by atoms with Crippen molar-refractivity contribution in [2.24, 2.45) is 0 Å². The first-order chi connectivity index (χ1) is 13.6. The molecule has 0 amide bonds. The molecule has 1 aliphatic rings. The number of Topliss-reactive ketones (excluding diaryl/α,β-unsaturated/α-hetero) is 1. The summed E-state index contributed by atoms with van der Waals surface area (Å²) in [5.41, 5.74) is 0.507. The summed E-state index contributed by atoms with van der Waals surface area (Å²) >= 11 is 1.11. The van der Waals surface area contributed by atoms with E-state index in [0.717, 1.165) is 11.8 Å². The van der Waals surface area contributed by atoms with Gasteiger partial charge in [0.1, 0.15) is 0 Å². The Labute approximate surface area is 163 Å². The second-order valence-corrected chi connectivity index (χ2v) is 6.80. The maximum absolute atomic E-state index is 13.7. The zero-order valence-electron chi connectivity index (χ0n) is 14.8. The van der Waals surface area contributed by atoms with Gasteiger partial charge in [0.2, 0.25) is 6.79 Å². The normalized spacial score (nSPS) is 13.4. The maximum atomic E-state index is 13.7. The first kappa shape index (κ1) is 18.3. The average Bonchev–Trinajstić information content (AvgIpc) is 3.36. The van der Waals surface area contributed by atoms with Crippen molar-refractivity contribution in [1.29, 1.82) is 0 Å². The van der Waals surface area contributed by atoms with Gasteiger partial charge in [-0.1, -0.05) is 23.9 Å². The van der Waals surface area contributed by atoms with E-state index in [-0.39, 0.29) is 35.2 Å². The van der Waals surface area contributed by atoms with E-state index in [1.54, 1.807) is 37.3 Å². The fourth-order valence-corrected chi connectivity index (χ4v) is 3.17. The first-order valence-corrected chi connectivity index (χ1v) is 9.39. The van der Waals surface area contributed by atoms with E-state index >= 15 is 0 Å². The summed E-state index contributed by atoms with van der Waals surface area (Å²) in [5.74, 6) is 0.992. The highest BCUT2D eigenvalue weighted by atomic mass is 32.2. The number of carbonyl (C=O) groups excluding carboxylic acids is 1. The van der Waals surface area contributed by atoms with Gasteiger partial charge >= 0.3 is 0 Å². The molecule has 1 atom stereocenters. The van der Waals surface area contributed by atoms with Crippen molar-refractivity contribution in [3.05, 3.63) is 59.7 Å². The van der Waals surface area contributed by atoms with E-state index < -0.39 is 11.9 Å². The lowest BCUT2D eigenvalue weighted by Crippen LogP contribution is -2.04. The van der Waals surface area contributed by atoms with Crippen molar-refractivity contribution in [1.82, 2.24) is 10.2 Å². The summed E-state index contributed by atoms with van der Waals surface area (Å²) in [6.45, 7) is 1.83. The number of aromatic nitrogens is 2. The van der Waals surface area contributed by atoms with Crippen LogP contribution in [0.1, 0.15) is 29.3 Å². The van der Waals surface area contributed by atoms with Crippen molar-refractivity contribution >= 4 is 17.5 Å². The molecule has 0 spiro atoms. The SMILES string of the molecule is C[C@@H](Oc1ccccc1F)c1nnc(SCC(=O)c2ccc3c(c2)OCO3)o1. The summed E-state index contributed by atoms with van der Waals surface area (Å²) in [6.07, 6.45) is -0.636. The standard InChI is InChI=1S/C19H15FN2O5S/c1-11(26-15-5-3-2-4-13(15)20)18-21-22-19(27-18)28-9-14(23)12-6-7-16-17(8-12)25-10-24-16/h2-8,11H,9-10H2,1H3/t11-/m1/s1. The molecule has 0 aliphatic carbocycles. The Kier molecular flexibility index (Phi) is 5.16. The Morgan fingerprint density at radius 1 is 1.21 bits per heavy atom. The number of hydrogen-bond acceptors (Lipinski definition) is 8. The minimum atomic E-state index is -0.636. The lowest BCUT2D eigenvalue weighted by molar-refractivity contribution is 0.102. The molecule has 9 heteroatoms. The van der Waals surface area contributed by atoms with Crippen LogP contribution in [0.25, 0.3) is 0 Å². The Balaban J connectivity index is 1.35. The molecule has 2 aromatic carbocycles. The van der Waals surface area contributed by atoms with E-state index in [9.17, 15) is 9.18 Å². The summed E-state index contributed by atoms with van der Waals surface area (Å²) in [5, 5.41) is 8.04. The largest absolute Gasteiger partial charge is 0.478 e. The van der Waals surface area contributed by atoms with Crippen LogP contribution in [0.2, 0.25) is 0 Å². The molecule has 0 radical (unpaired) electrons. The maximum Gasteiger partial charge on any atom is 0.277 e. The van der Waals surface area contributed by atoms with Crippen LogP contribution in [0.15, 0.2) is 52.1 Å². The Morgan fingerprint density at radius 3 is 2.89 bits per heavy atom. The van der Waals surface area contributed by atoms with Gasteiger partial charge in [-0.15, -0.1) is 10.2 Å². The molecule has 1 aliphatic heterocycles. The lowest BCUT2D eigenvalue weighted by Gasteiger charge is -2.11. The predicted octanol–water partition coefficient (Wildman–Crippen LogP) is 4.05. The van der Waals surface area contributed by atoms with Crippen molar-refractivity contribution in [2.75, 3.05) is 12.5 Å². The molecule has 4 rings (SSSR count). The third-order valence-corrected chi connectivity index (χ3v) is 4.75. The van der Waals surface area contributed by atoms with Gasteiger partial charge in [0.25, 0.3) is 11.1 Å². The number of para-hydroxylation sites is 1. The van der Waals surface area contributed by atoms with Gasteiger partial charge < -0.3 is 18.6 Å². The monoisotopic (exact) mass is 402 g/mol. The highest BCUT2D eigenvalue weighted by Crippen LogP contribution is 2.33. The quantitative estimate of drug-likeness (QED) is 0.432. The van der Waals surface area contributed by atoms with Crippen molar-refractivity contribution in [3.63, 3.8) is 0 Å². The van der Waals surface area contributed by atoms with Gasteiger partial charge in [-0.05, 0) is 37.3 Å². The zero-order valence-corrected chi connectivity index (χ0v) is 15.6. The number of rotatable bonds is 7.